The molecule has 0 unspecified atom stereocenters. The SMILES string of the molecule is CC(C)N=C(N)Nc1ccc(Cl)c(Br)c1. The molecule has 0 amide bonds. The molecule has 0 bridgehead atoms. The minimum atomic E-state index is 0.174. The number of nitrogens with zero attached hydrogens (tertiary/aromatic N) is 1. The van der Waals surface area contributed by atoms with Crippen LogP contribution in [-0.4, -0.2) is 12.0 Å². The second kappa shape index (κ2) is 5.37. The van der Waals surface area contributed by atoms with Gasteiger partial charge in [-0.3, -0.25) is 4.99 Å². The molecule has 0 aliphatic carbocycles. The van der Waals surface area contributed by atoms with Crippen LogP contribution in [0.5, 0.6) is 0 Å². The van der Waals surface area contributed by atoms with E-state index in [1.54, 1.807) is 6.07 Å². The van der Waals surface area contributed by atoms with E-state index in [1.165, 1.54) is 0 Å². The van der Waals surface area contributed by atoms with Crippen molar-refractivity contribution in [3.05, 3.63) is 27.7 Å². The van der Waals surface area contributed by atoms with Gasteiger partial charge in [-0.15, -0.1) is 0 Å². The van der Waals surface area contributed by atoms with Crippen molar-refractivity contribution < 1.29 is 0 Å². The van der Waals surface area contributed by atoms with Crippen molar-refractivity contribution in [2.24, 2.45) is 10.7 Å². The molecule has 0 aliphatic heterocycles. The summed E-state index contributed by atoms with van der Waals surface area (Å²) < 4.78 is 0.825. The zero-order valence-corrected chi connectivity index (χ0v) is 10.9. The van der Waals surface area contributed by atoms with Gasteiger partial charge in [0.25, 0.3) is 0 Å². The van der Waals surface area contributed by atoms with Crippen LogP contribution in [0, 0.1) is 0 Å². The van der Waals surface area contributed by atoms with Crippen LogP contribution in [0.1, 0.15) is 13.8 Å². The summed E-state index contributed by atoms with van der Waals surface area (Å²) in [6.45, 7) is 3.93. The molecule has 5 heteroatoms. The average molecular weight is 291 g/mol. The second-order valence-corrected chi connectivity index (χ2v) is 4.62. The van der Waals surface area contributed by atoms with Crippen LogP contribution < -0.4 is 11.1 Å². The van der Waals surface area contributed by atoms with Gasteiger partial charge < -0.3 is 11.1 Å². The summed E-state index contributed by atoms with van der Waals surface area (Å²) in [5, 5.41) is 3.65. The zero-order valence-electron chi connectivity index (χ0n) is 8.59. The molecule has 0 heterocycles. The van der Waals surface area contributed by atoms with Crippen LogP contribution in [0.4, 0.5) is 5.69 Å². The maximum Gasteiger partial charge on any atom is 0.193 e. The lowest BCUT2D eigenvalue weighted by Gasteiger charge is -2.07. The van der Waals surface area contributed by atoms with Crippen LogP contribution in [0.2, 0.25) is 5.02 Å². The van der Waals surface area contributed by atoms with Crippen LogP contribution in [0.3, 0.4) is 0 Å². The molecule has 82 valence electrons. The Balaban J connectivity index is 2.77. The molecule has 0 atom stereocenters. The molecule has 0 radical (unpaired) electrons. The van der Waals surface area contributed by atoms with Crippen molar-refractivity contribution in [1.29, 1.82) is 0 Å². The first-order valence-corrected chi connectivity index (χ1v) is 5.71. The highest BCUT2D eigenvalue weighted by atomic mass is 79.9. The van der Waals surface area contributed by atoms with E-state index in [2.05, 4.69) is 26.2 Å². The summed E-state index contributed by atoms with van der Waals surface area (Å²) in [4.78, 5) is 4.16. The van der Waals surface area contributed by atoms with Gasteiger partial charge in [-0.05, 0) is 48.0 Å². The lowest BCUT2D eigenvalue weighted by Crippen LogP contribution is -2.23. The van der Waals surface area contributed by atoms with Crippen LogP contribution >= 0.6 is 27.5 Å². The quantitative estimate of drug-likeness (QED) is 0.649. The standard InChI is InChI=1S/C10H13BrClN3/c1-6(2)14-10(13)15-7-3-4-9(12)8(11)5-7/h3-6H,1-2H3,(H3,13,14,15). The third-order valence-electron chi connectivity index (χ3n) is 1.59. The Hall–Kier alpha value is -0.740. The molecule has 1 rings (SSSR count). The Kier molecular flexibility index (Phi) is 4.42. The normalized spacial score (nSPS) is 11.9. The topological polar surface area (TPSA) is 50.4 Å². The molecule has 0 aliphatic rings. The van der Waals surface area contributed by atoms with Gasteiger partial charge in [0.15, 0.2) is 5.96 Å². The van der Waals surface area contributed by atoms with Crippen molar-refractivity contribution >= 4 is 39.2 Å². The highest BCUT2D eigenvalue weighted by molar-refractivity contribution is 9.10. The maximum atomic E-state index is 5.87. The highest BCUT2D eigenvalue weighted by Crippen LogP contribution is 2.25. The minimum Gasteiger partial charge on any atom is -0.370 e. The minimum absolute atomic E-state index is 0.174. The summed E-state index contributed by atoms with van der Waals surface area (Å²) >= 11 is 9.20. The summed E-state index contributed by atoms with van der Waals surface area (Å²) in [6, 6.07) is 5.66. The number of nitrogens with one attached hydrogen (secondary N) is 1. The number of nitrogens with two attached hydrogens (primary N) is 1. The first-order chi connectivity index (χ1) is 6.99. The number of hydrogen-bond donors (Lipinski definition) is 2. The number of rotatable bonds is 2. The summed E-state index contributed by atoms with van der Waals surface area (Å²) in [5.41, 5.74) is 6.54. The average Bonchev–Trinajstić information content (AvgIpc) is 2.10. The van der Waals surface area contributed by atoms with Gasteiger partial charge in [-0.1, -0.05) is 11.6 Å². The van der Waals surface area contributed by atoms with Crippen molar-refractivity contribution in [2.45, 2.75) is 19.9 Å². The van der Waals surface area contributed by atoms with Crippen molar-refractivity contribution in [3.63, 3.8) is 0 Å². The lowest BCUT2D eigenvalue weighted by molar-refractivity contribution is 0.833. The van der Waals surface area contributed by atoms with E-state index in [-0.39, 0.29) is 6.04 Å². The van der Waals surface area contributed by atoms with E-state index in [0.29, 0.717) is 11.0 Å². The predicted octanol–water partition coefficient (Wildman–Crippen LogP) is 3.24. The van der Waals surface area contributed by atoms with E-state index in [1.807, 2.05) is 26.0 Å². The fraction of sp³-hybridized carbons (Fsp3) is 0.300. The number of halogens is 2. The van der Waals surface area contributed by atoms with Gasteiger partial charge in [0.05, 0.1) is 5.02 Å². The third kappa shape index (κ3) is 4.10. The summed E-state index contributed by atoms with van der Waals surface area (Å²) in [7, 11) is 0. The largest absolute Gasteiger partial charge is 0.370 e. The number of benzene rings is 1. The predicted molar refractivity (Wildman–Crippen MR) is 69.5 cm³/mol. The fourth-order valence-corrected chi connectivity index (χ4v) is 1.53. The van der Waals surface area contributed by atoms with Crippen LogP contribution in [-0.2, 0) is 0 Å². The second-order valence-electron chi connectivity index (χ2n) is 3.36. The molecule has 1 aromatic carbocycles. The molecule has 0 saturated carbocycles. The van der Waals surface area contributed by atoms with Crippen LogP contribution in [0.25, 0.3) is 0 Å². The van der Waals surface area contributed by atoms with Gasteiger partial charge in [-0.25, -0.2) is 0 Å². The van der Waals surface area contributed by atoms with Crippen molar-refractivity contribution in [1.82, 2.24) is 0 Å². The Labute approximate surface area is 103 Å². The highest BCUT2D eigenvalue weighted by Gasteiger charge is 2.00. The Morgan fingerprint density at radius 1 is 1.53 bits per heavy atom. The van der Waals surface area contributed by atoms with E-state index in [9.17, 15) is 0 Å². The molecule has 3 N–H and O–H groups in total. The molecule has 0 spiro atoms. The van der Waals surface area contributed by atoms with E-state index >= 15 is 0 Å². The number of guanidine groups is 1. The monoisotopic (exact) mass is 289 g/mol. The Morgan fingerprint density at radius 3 is 2.73 bits per heavy atom. The smallest absolute Gasteiger partial charge is 0.193 e. The zero-order chi connectivity index (χ0) is 11.4. The summed E-state index contributed by atoms with van der Waals surface area (Å²) in [5.74, 6) is 0.402. The van der Waals surface area contributed by atoms with Gasteiger partial charge in [-0.2, -0.15) is 0 Å². The molecule has 3 nitrogen and oxygen atoms in total. The van der Waals surface area contributed by atoms with Gasteiger partial charge in [0, 0.05) is 16.2 Å². The van der Waals surface area contributed by atoms with Gasteiger partial charge >= 0.3 is 0 Å². The first-order valence-electron chi connectivity index (χ1n) is 4.54. The number of hydrogen-bond acceptors (Lipinski definition) is 1. The molecular weight excluding hydrogens is 277 g/mol. The summed E-state index contributed by atoms with van der Waals surface area (Å²) in [6.07, 6.45) is 0. The Morgan fingerprint density at radius 2 is 2.20 bits per heavy atom. The van der Waals surface area contributed by atoms with E-state index in [4.69, 9.17) is 17.3 Å². The van der Waals surface area contributed by atoms with E-state index < -0.39 is 0 Å². The van der Waals surface area contributed by atoms with Crippen LogP contribution in [0.15, 0.2) is 27.7 Å². The van der Waals surface area contributed by atoms with Gasteiger partial charge in [0.1, 0.15) is 0 Å². The molecule has 0 aromatic heterocycles. The van der Waals surface area contributed by atoms with Gasteiger partial charge in [0.2, 0.25) is 0 Å². The molecule has 0 fully saturated rings. The maximum absolute atomic E-state index is 5.87. The third-order valence-corrected chi connectivity index (χ3v) is 2.80. The molecular formula is C10H13BrClN3. The Bertz CT molecular complexity index is 377. The van der Waals surface area contributed by atoms with Crippen molar-refractivity contribution in [2.75, 3.05) is 5.32 Å². The fourth-order valence-electron chi connectivity index (χ4n) is 1.03. The molecule has 0 saturated heterocycles. The molecule has 15 heavy (non-hydrogen) atoms. The number of aliphatic imine (C=N–C) groups is 1. The molecule has 1 aromatic rings. The first kappa shape index (κ1) is 12.3. The van der Waals surface area contributed by atoms with Crippen molar-refractivity contribution in [3.8, 4) is 0 Å². The van der Waals surface area contributed by atoms with E-state index in [0.717, 1.165) is 10.2 Å². The number of anilines is 1. The lowest BCUT2D eigenvalue weighted by atomic mass is 10.3.